The van der Waals surface area contributed by atoms with Gasteiger partial charge in [0.1, 0.15) is 17.1 Å². The summed E-state index contributed by atoms with van der Waals surface area (Å²) in [5, 5.41) is 11.4. The Morgan fingerprint density at radius 1 is 1.27 bits per heavy atom. The van der Waals surface area contributed by atoms with Crippen LogP contribution in [-0.2, 0) is 0 Å². The molecule has 2 nitrogen and oxygen atoms in total. The summed E-state index contributed by atoms with van der Waals surface area (Å²) >= 11 is 1.90. The van der Waals surface area contributed by atoms with E-state index in [-0.39, 0.29) is 5.60 Å². The zero-order valence-electron chi connectivity index (χ0n) is 17.2. The van der Waals surface area contributed by atoms with Gasteiger partial charge in [0, 0.05) is 10.2 Å². The first kappa shape index (κ1) is 19.7. The summed E-state index contributed by atoms with van der Waals surface area (Å²) in [5.74, 6) is 2.28. The first-order valence-electron chi connectivity index (χ1n) is 10.2. The maximum atomic E-state index is 10.9. The van der Waals surface area contributed by atoms with E-state index in [2.05, 4.69) is 47.6 Å². The monoisotopic (exact) mass is 374 g/mol. The molecular weight excluding hydrogens is 340 g/mol. The number of phenols is 1. The minimum absolute atomic E-state index is 0.307. The number of hydrogen-bond donors (Lipinski definition) is 1. The van der Waals surface area contributed by atoms with Crippen molar-refractivity contribution in [2.45, 2.75) is 90.4 Å². The first-order chi connectivity index (χ1) is 12.2. The highest BCUT2D eigenvalue weighted by Crippen LogP contribution is 2.56. The van der Waals surface area contributed by atoms with Gasteiger partial charge < -0.3 is 9.84 Å². The normalized spacial score (nSPS) is 23.2. The van der Waals surface area contributed by atoms with Crippen LogP contribution in [0.2, 0.25) is 0 Å². The van der Waals surface area contributed by atoms with Gasteiger partial charge in [-0.1, -0.05) is 53.4 Å². The van der Waals surface area contributed by atoms with Crippen molar-refractivity contribution in [3.63, 3.8) is 0 Å². The van der Waals surface area contributed by atoms with Crippen LogP contribution in [0, 0.1) is 5.92 Å². The van der Waals surface area contributed by atoms with Gasteiger partial charge in [0.2, 0.25) is 0 Å². The molecule has 0 aliphatic carbocycles. The van der Waals surface area contributed by atoms with Crippen molar-refractivity contribution < 1.29 is 9.84 Å². The third-order valence-electron chi connectivity index (χ3n) is 6.04. The second kappa shape index (κ2) is 7.50. The fourth-order valence-electron chi connectivity index (χ4n) is 4.30. The fraction of sp³-hybridized carbons (Fsp3) is 0.652. The van der Waals surface area contributed by atoms with Gasteiger partial charge in [-0.25, -0.2) is 0 Å². The van der Waals surface area contributed by atoms with Crippen molar-refractivity contribution in [3.05, 3.63) is 28.2 Å². The number of thioether (sulfide) groups is 1. The van der Waals surface area contributed by atoms with Crippen LogP contribution >= 0.6 is 11.8 Å². The van der Waals surface area contributed by atoms with Crippen LogP contribution in [-0.4, -0.2) is 16.0 Å². The quantitative estimate of drug-likeness (QED) is 0.537. The summed E-state index contributed by atoms with van der Waals surface area (Å²) in [6.45, 7) is 13.4. The number of phenolic OH excluding ortho intramolecular Hbond substituents is 1. The molecule has 3 heteroatoms. The predicted molar refractivity (Wildman–Crippen MR) is 113 cm³/mol. The highest BCUT2D eigenvalue weighted by atomic mass is 32.2. The average molecular weight is 375 g/mol. The van der Waals surface area contributed by atoms with Crippen molar-refractivity contribution in [2.24, 2.45) is 5.92 Å². The lowest BCUT2D eigenvalue weighted by atomic mass is 9.83. The molecule has 3 unspecified atom stereocenters. The third kappa shape index (κ3) is 3.65. The van der Waals surface area contributed by atoms with E-state index in [1.807, 2.05) is 17.8 Å². The molecule has 0 bridgehead atoms. The molecule has 144 valence electrons. The van der Waals surface area contributed by atoms with Crippen molar-refractivity contribution in [1.82, 2.24) is 0 Å². The molecule has 0 amide bonds. The molecule has 1 aromatic rings. The fourth-order valence-corrected chi connectivity index (χ4v) is 5.60. The summed E-state index contributed by atoms with van der Waals surface area (Å²) < 4.78 is 6.39. The van der Waals surface area contributed by atoms with Crippen molar-refractivity contribution >= 4 is 17.3 Å². The Morgan fingerprint density at radius 3 is 2.69 bits per heavy atom. The molecule has 2 aliphatic heterocycles. The van der Waals surface area contributed by atoms with Crippen molar-refractivity contribution in [3.8, 4) is 11.5 Å². The lowest BCUT2D eigenvalue weighted by molar-refractivity contribution is 0.153. The van der Waals surface area contributed by atoms with E-state index in [4.69, 9.17) is 4.74 Å². The zero-order chi connectivity index (χ0) is 19.1. The Morgan fingerprint density at radius 2 is 2.00 bits per heavy atom. The summed E-state index contributed by atoms with van der Waals surface area (Å²) in [4.78, 5) is 1.29. The van der Waals surface area contributed by atoms with Gasteiger partial charge >= 0.3 is 0 Å². The van der Waals surface area contributed by atoms with Crippen LogP contribution in [0.4, 0.5) is 0 Å². The summed E-state index contributed by atoms with van der Waals surface area (Å²) in [6, 6.07) is 4.18. The van der Waals surface area contributed by atoms with Crippen LogP contribution in [0.25, 0.3) is 5.57 Å². The molecule has 2 aliphatic rings. The number of allylic oxidation sites excluding steroid dienone is 1. The van der Waals surface area contributed by atoms with E-state index in [1.54, 1.807) is 0 Å². The second-order valence-corrected chi connectivity index (χ2v) is 10.2. The minimum Gasteiger partial charge on any atom is -0.507 e. The molecule has 3 rings (SSSR count). The standard InChI is InChI=1S/C23H34O2S/c1-7-8-9-10-14(2)16(4)17-12-19(24)21-18-11-15(3)26-22(18)23(5,6)25-20(21)13-17/h12-16,24H,7-11H2,1-6H3. The van der Waals surface area contributed by atoms with Gasteiger partial charge in [-0.05, 0) is 55.4 Å². The Hall–Kier alpha value is -1.09. The smallest absolute Gasteiger partial charge is 0.134 e. The summed E-state index contributed by atoms with van der Waals surface area (Å²) in [6.07, 6.45) is 6.10. The van der Waals surface area contributed by atoms with E-state index in [0.29, 0.717) is 22.8 Å². The maximum Gasteiger partial charge on any atom is 0.134 e. The van der Waals surface area contributed by atoms with E-state index >= 15 is 0 Å². The molecule has 0 saturated carbocycles. The van der Waals surface area contributed by atoms with Crippen LogP contribution in [0.5, 0.6) is 11.5 Å². The highest BCUT2D eigenvalue weighted by Gasteiger charge is 2.41. The van der Waals surface area contributed by atoms with Gasteiger partial charge in [0.05, 0.1) is 5.56 Å². The Labute approximate surface area is 163 Å². The molecule has 26 heavy (non-hydrogen) atoms. The van der Waals surface area contributed by atoms with Crippen molar-refractivity contribution in [2.75, 3.05) is 0 Å². The van der Waals surface area contributed by atoms with Crippen LogP contribution in [0.1, 0.15) is 90.7 Å². The summed E-state index contributed by atoms with van der Waals surface area (Å²) in [5.41, 5.74) is 3.12. The van der Waals surface area contributed by atoms with E-state index in [0.717, 1.165) is 17.7 Å². The summed E-state index contributed by atoms with van der Waals surface area (Å²) in [7, 11) is 0. The van der Waals surface area contributed by atoms with Crippen LogP contribution in [0.15, 0.2) is 17.0 Å². The number of hydrogen-bond acceptors (Lipinski definition) is 3. The Balaban J connectivity index is 1.91. The molecular formula is C23H34O2S. The van der Waals surface area contributed by atoms with Gasteiger partial charge in [0.25, 0.3) is 0 Å². The molecule has 0 fully saturated rings. The number of unbranched alkanes of at least 4 members (excludes halogenated alkanes) is 2. The van der Waals surface area contributed by atoms with Gasteiger partial charge in [0.15, 0.2) is 0 Å². The van der Waals surface area contributed by atoms with Gasteiger partial charge in [-0.3, -0.25) is 0 Å². The van der Waals surface area contributed by atoms with E-state index in [1.165, 1.54) is 41.7 Å². The maximum absolute atomic E-state index is 10.9. The molecule has 0 aromatic heterocycles. The van der Waals surface area contributed by atoms with Crippen molar-refractivity contribution in [1.29, 1.82) is 0 Å². The molecule has 0 saturated heterocycles. The molecule has 0 radical (unpaired) electrons. The van der Waals surface area contributed by atoms with Crippen LogP contribution in [0.3, 0.4) is 0 Å². The molecule has 0 spiro atoms. The average Bonchev–Trinajstić information content (AvgIpc) is 2.96. The number of aromatic hydroxyl groups is 1. The number of benzene rings is 1. The number of fused-ring (bicyclic) bond motifs is 2. The van der Waals surface area contributed by atoms with Gasteiger partial charge in [-0.15, -0.1) is 11.8 Å². The van der Waals surface area contributed by atoms with Gasteiger partial charge in [-0.2, -0.15) is 0 Å². The second-order valence-electron chi connectivity index (χ2n) is 8.73. The van der Waals surface area contributed by atoms with E-state index < -0.39 is 0 Å². The molecule has 2 heterocycles. The Bertz CT molecular complexity index is 704. The third-order valence-corrected chi connectivity index (χ3v) is 7.59. The minimum atomic E-state index is -0.307. The lowest BCUT2D eigenvalue weighted by Gasteiger charge is -2.35. The molecule has 3 atom stereocenters. The lowest BCUT2D eigenvalue weighted by Crippen LogP contribution is -2.32. The van der Waals surface area contributed by atoms with E-state index in [9.17, 15) is 5.11 Å². The molecule has 1 aromatic carbocycles. The first-order valence-corrected chi connectivity index (χ1v) is 11.1. The highest BCUT2D eigenvalue weighted by molar-refractivity contribution is 8.04. The zero-order valence-corrected chi connectivity index (χ0v) is 18.0. The largest absolute Gasteiger partial charge is 0.507 e. The SMILES string of the molecule is CCCCCC(C)C(C)c1cc(O)c2c(c1)OC(C)(C)C1=C2CC(C)S1. The topological polar surface area (TPSA) is 29.5 Å². The number of rotatable bonds is 6. The van der Waals surface area contributed by atoms with Crippen LogP contribution < -0.4 is 4.74 Å². The Kier molecular flexibility index (Phi) is 5.67. The molecule has 1 N–H and O–H groups in total. The number of ether oxygens (including phenoxy) is 1. The predicted octanol–water partition coefficient (Wildman–Crippen LogP) is 7.12.